The Balaban J connectivity index is 1.32. The number of rotatable bonds is 5. The molecular formula is C25H26N4O4. The highest BCUT2D eigenvalue weighted by Crippen LogP contribution is 2.25. The Bertz CT molecular complexity index is 1120. The van der Waals surface area contributed by atoms with Crippen LogP contribution in [-0.2, 0) is 4.79 Å². The summed E-state index contributed by atoms with van der Waals surface area (Å²) in [5.74, 6) is -0.346. The van der Waals surface area contributed by atoms with Crippen LogP contribution in [0.2, 0.25) is 0 Å². The Morgan fingerprint density at radius 1 is 0.909 bits per heavy atom. The van der Waals surface area contributed by atoms with Crippen molar-refractivity contribution in [1.29, 1.82) is 0 Å². The number of urea groups is 1. The molecule has 2 heterocycles. The summed E-state index contributed by atoms with van der Waals surface area (Å²) in [5.41, 5.74) is 3.33. The van der Waals surface area contributed by atoms with Crippen molar-refractivity contribution in [3.63, 3.8) is 0 Å². The Hall–Kier alpha value is -4.07. The molecule has 1 fully saturated rings. The predicted octanol–water partition coefficient (Wildman–Crippen LogP) is 4.72. The quantitative estimate of drug-likeness (QED) is 0.527. The molecule has 170 valence electrons. The highest BCUT2D eigenvalue weighted by Gasteiger charge is 2.28. The van der Waals surface area contributed by atoms with Gasteiger partial charge in [-0.25, -0.2) is 4.79 Å². The molecule has 33 heavy (non-hydrogen) atoms. The second kappa shape index (κ2) is 10.0. The van der Waals surface area contributed by atoms with Gasteiger partial charge in [-0.05, 0) is 55.7 Å². The smallest absolute Gasteiger partial charge is 0.323 e. The number of aryl methyl sites for hydroxylation is 1. The molecule has 1 aliphatic heterocycles. The average molecular weight is 447 g/mol. The van der Waals surface area contributed by atoms with Crippen LogP contribution in [0.1, 0.15) is 28.8 Å². The van der Waals surface area contributed by atoms with Gasteiger partial charge in [0.15, 0.2) is 0 Å². The van der Waals surface area contributed by atoms with Crippen LogP contribution in [0, 0.1) is 12.8 Å². The second-order valence-electron chi connectivity index (χ2n) is 8.04. The zero-order valence-electron chi connectivity index (χ0n) is 18.3. The summed E-state index contributed by atoms with van der Waals surface area (Å²) in [6.45, 7) is 2.93. The van der Waals surface area contributed by atoms with Gasteiger partial charge in [0, 0.05) is 36.1 Å². The summed E-state index contributed by atoms with van der Waals surface area (Å²) in [4.78, 5) is 39.3. The number of para-hydroxylation sites is 1. The van der Waals surface area contributed by atoms with Gasteiger partial charge in [0.2, 0.25) is 5.91 Å². The van der Waals surface area contributed by atoms with E-state index >= 15 is 0 Å². The summed E-state index contributed by atoms with van der Waals surface area (Å²) in [6, 6.07) is 15.8. The van der Waals surface area contributed by atoms with E-state index in [1.807, 2.05) is 31.2 Å². The van der Waals surface area contributed by atoms with Crippen LogP contribution >= 0.6 is 0 Å². The molecule has 0 atom stereocenters. The monoisotopic (exact) mass is 446 g/mol. The van der Waals surface area contributed by atoms with Gasteiger partial charge in [-0.3, -0.25) is 9.59 Å². The number of amides is 4. The minimum atomic E-state index is -0.364. The van der Waals surface area contributed by atoms with Gasteiger partial charge >= 0.3 is 6.03 Å². The third-order valence-electron chi connectivity index (χ3n) is 5.71. The van der Waals surface area contributed by atoms with Gasteiger partial charge in [-0.2, -0.15) is 0 Å². The Morgan fingerprint density at radius 3 is 2.33 bits per heavy atom. The van der Waals surface area contributed by atoms with Gasteiger partial charge in [-0.15, -0.1) is 0 Å². The van der Waals surface area contributed by atoms with E-state index in [-0.39, 0.29) is 23.8 Å². The van der Waals surface area contributed by atoms with Crippen molar-refractivity contribution < 1.29 is 18.8 Å². The summed E-state index contributed by atoms with van der Waals surface area (Å²) >= 11 is 0. The normalized spacial score (nSPS) is 13.9. The number of hydrogen-bond donors (Lipinski definition) is 3. The van der Waals surface area contributed by atoms with Crippen LogP contribution < -0.4 is 16.0 Å². The zero-order valence-corrected chi connectivity index (χ0v) is 18.3. The van der Waals surface area contributed by atoms with E-state index in [4.69, 9.17) is 4.42 Å². The molecule has 0 radical (unpaired) electrons. The van der Waals surface area contributed by atoms with Gasteiger partial charge in [0.05, 0.1) is 11.8 Å². The molecule has 0 aliphatic carbocycles. The highest BCUT2D eigenvalue weighted by atomic mass is 16.3. The lowest BCUT2D eigenvalue weighted by Gasteiger charge is -2.31. The maximum atomic E-state index is 12.9. The molecule has 0 unspecified atom stereocenters. The maximum absolute atomic E-state index is 12.9. The van der Waals surface area contributed by atoms with Crippen molar-refractivity contribution in [1.82, 2.24) is 4.90 Å². The fraction of sp³-hybridized carbons (Fsp3) is 0.240. The van der Waals surface area contributed by atoms with Crippen molar-refractivity contribution in [3.05, 3.63) is 78.3 Å². The standard InChI is InChI=1S/C25H26N4O4/c1-17-7-8-21(27-25(32)26-20-5-3-2-4-6-20)15-22(17)28-23(30)18-9-12-29(13-10-18)24(31)19-11-14-33-16-19/h2-8,11,14-16,18H,9-10,12-13H2,1H3,(H,28,30)(H2,26,27,32). The van der Waals surface area contributed by atoms with Crippen LogP contribution in [0.25, 0.3) is 0 Å². The Morgan fingerprint density at radius 2 is 1.64 bits per heavy atom. The minimum Gasteiger partial charge on any atom is -0.472 e. The second-order valence-corrected chi connectivity index (χ2v) is 8.04. The van der Waals surface area contributed by atoms with Crippen molar-refractivity contribution in [2.45, 2.75) is 19.8 Å². The molecule has 1 aliphatic rings. The first-order chi connectivity index (χ1) is 16.0. The van der Waals surface area contributed by atoms with Crippen LogP contribution in [0.15, 0.2) is 71.5 Å². The first-order valence-corrected chi connectivity index (χ1v) is 10.9. The van der Waals surface area contributed by atoms with Crippen LogP contribution in [-0.4, -0.2) is 35.8 Å². The molecule has 0 saturated carbocycles. The first-order valence-electron chi connectivity index (χ1n) is 10.9. The fourth-order valence-electron chi connectivity index (χ4n) is 3.80. The molecule has 4 amide bonds. The number of furan rings is 1. The molecule has 8 nitrogen and oxygen atoms in total. The third-order valence-corrected chi connectivity index (χ3v) is 5.71. The van der Waals surface area contributed by atoms with Crippen molar-refractivity contribution in [2.75, 3.05) is 29.0 Å². The number of hydrogen-bond acceptors (Lipinski definition) is 4. The molecule has 2 aromatic carbocycles. The average Bonchev–Trinajstić information content (AvgIpc) is 3.36. The summed E-state index contributed by atoms with van der Waals surface area (Å²) in [6.07, 6.45) is 4.09. The van der Waals surface area contributed by atoms with Gasteiger partial charge < -0.3 is 25.3 Å². The van der Waals surface area contributed by atoms with Gasteiger partial charge in [0.1, 0.15) is 6.26 Å². The van der Waals surface area contributed by atoms with E-state index in [0.717, 1.165) is 5.56 Å². The summed E-state index contributed by atoms with van der Waals surface area (Å²) in [5, 5.41) is 8.54. The molecular weight excluding hydrogens is 420 g/mol. The Labute approximate surface area is 192 Å². The van der Waals surface area contributed by atoms with E-state index < -0.39 is 0 Å². The SMILES string of the molecule is Cc1ccc(NC(=O)Nc2ccccc2)cc1NC(=O)C1CCN(C(=O)c2ccoc2)CC1. The molecule has 1 saturated heterocycles. The molecule has 0 spiro atoms. The molecule has 3 aromatic rings. The van der Waals surface area contributed by atoms with Crippen LogP contribution in [0.5, 0.6) is 0 Å². The van der Waals surface area contributed by atoms with E-state index in [9.17, 15) is 14.4 Å². The summed E-state index contributed by atoms with van der Waals surface area (Å²) in [7, 11) is 0. The van der Waals surface area contributed by atoms with E-state index in [2.05, 4.69) is 16.0 Å². The van der Waals surface area contributed by atoms with Crippen LogP contribution in [0.4, 0.5) is 21.9 Å². The largest absolute Gasteiger partial charge is 0.472 e. The number of nitrogens with one attached hydrogen (secondary N) is 3. The lowest BCUT2D eigenvalue weighted by Crippen LogP contribution is -2.41. The number of anilines is 3. The van der Waals surface area contributed by atoms with E-state index in [1.165, 1.54) is 12.5 Å². The first kappa shape index (κ1) is 22.1. The van der Waals surface area contributed by atoms with E-state index in [1.54, 1.807) is 35.2 Å². The molecule has 8 heteroatoms. The highest BCUT2D eigenvalue weighted by molar-refractivity contribution is 6.01. The van der Waals surface area contributed by atoms with Crippen molar-refractivity contribution >= 4 is 34.9 Å². The van der Waals surface area contributed by atoms with E-state index in [0.29, 0.717) is 48.6 Å². The van der Waals surface area contributed by atoms with Crippen LogP contribution in [0.3, 0.4) is 0 Å². The Kier molecular flexibility index (Phi) is 6.73. The topological polar surface area (TPSA) is 104 Å². The minimum absolute atomic E-state index is 0.0778. The van der Waals surface area contributed by atoms with Gasteiger partial charge in [0.25, 0.3) is 5.91 Å². The zero-order chi connectivity index (χ0) is 23.2. The summed E-state index contributed by atoms with van der Waals surface area (Å²) < 4.78 is 4.98. The third kappa shape index (κ3) is 5.60. The number of piperidine rings is 1. The predicted molar refractivity (Wildman–Crippen MR) is 126 cm³/mol. The fourth-order valence-corrected chi connectivity index (χ4v) is 3.80. The molecule has 3 N–H and O–H groups in total. The van der Waals surface area contributed by atoms with Crippen molar-refractivity contribution in [2.24, 2.45) is 5.92 Å². The number of carbonyl (C=O) groups is 3. The van der Waals surface area contributed by atoms with Gasteiger partial charge in [-0.1, -0.05) is 24.3 Å². The lowest BCUT2D eigenvalue weighted by molar-refractivity contribution is -0.121. The number of benzene rings is 2. The molecule has 4 rings (SSSR count). The number of nitrogens with zero attached hydrogens (tertiary/aromatic N) is 1. The molecule has 1 aromatic heterocycles. The van der Waals surface area contributed by atoms with Crippen molar-refractivity contribution in [3.8, 4) is 0 Å². The molecule has 0 bridgehead atoms. The maximum Gasteiger partial charge on any atom is 0.323 e. The number of carbonyl (C=O) groups excluding carboxylic acids is 3. The lowest BCUT2D eigenvalue weighted by atomic mass is 9.95. The number of likely N-dealkylation sites (tertiary alicyclic amines) is 1.